The van der Waals surface area contributed by atoms with E-state index in [1.165, 1.54) is 0 Å². The van der Waals surface area contributed by atoms with Crippen LogP contribution in [0.3, 0.4) is 0 Å². The van der Waals surface area contributed by atoms with E-state index in [2.05, 4.69) is 25.4 Å². The Morgan fingerprint density at radius 2 is 1.78 bits per heavy atom. The number of guanidine groups is 1. The van der Waals surface area contributed by atoms with E-state index in [0.29, 0.717) is 6.54 Å². The third-order valence-corrected chi connectivity index (χ3v) is 3.60. The molecule has 1 aliphatic heterocycles. The van der Waals surface area contributed by atoms with Crippen molar-refractivity contribution < 1.29 is 9.59 Å². The largest absolute Gasteiger partial charge is 0.353 e. The van der Waals surface area contributed by atoms with E-state index in [-0.39, 0.29) is 24.4 Å². The number of carbonyl (C=O) groups is 2. The number of likely N-dealkylation sites (N-methyl/N-ethyl adjacent to an activating group) is 1. The third-order valence-electron chi connectivity index (χ3n) is 3.60. The van der Waals surface area contributed by atoms with Crippen molar-refractivity contribution in [3.63, 3.8) is 0 Å². The monoisotopic (exact) mass is 326 g/mol. The zero-order chi connectivity index (χ0) is 17.4. The minimum Gasteiger partial charge on any atom is -0.353 e. The molecule has 2 amide bonds. The average Bonchev–Trinajstić information content (AvgIpc) is 2.48. The van der Waals surface area contributed by atoms with E-state index in [9.17, 15) is 9.59 Å². The van der Waals surface area contributed by atoms with Crippen LogP contribution in [-0.4, -0.2) is 98.9 Å². The second-order valence-corrected chi connectivity index (χ2v) is 6.17. The molecule has 0 aliphatic carbocycles. The summed E-state index contributed by atoms with van der Waals surface area (Å²) < 4.78 is 0. The maximum Gasteiger partial charge on any atom is 0.241 e. The Morgan fingerprint density at radius 3 is 2.26 bits per heavy atom. The molecule has 0 radical (unpaired) electrons. The molecule has 1 fully saturated rings. The fourth-order valence-electron chi connectivity index (χ4n) is 2.33. The van der Waals surface area contributed by atoms with Gasteiger partial charge in [-0.3, -0.25) is 19.5 Å². The fraction of sp³-hybridized carbons (Fsp3) is 0.800. The van der Waals surface area contributed by atoms with Gasteiger partial charge in [-0.1, -0.05) is 0 Å². The lowest BCUT2D eigenvalue weighted by atomic mass is 10.3. The Hall–Kier alpha value is -1.83. The molecular weight excluding hydrogens is 296 g/mol. The van der Waals surface area contributed by atoms with E-state index in [4.69, 9.17) is 0 Å². The van der Waals surface area contributed by atoms with Crippen molar-refractivity contribution in [3.8, 4) is 0 Å². The maximum atomic E-state index is 11.8. The van der Waals surface area contributed by atoms with E-state index in [0.717, 1.165) is 32.1 Å². The number of piperazine rings is 1. The van der Waals surface area contributed by atoms with Crippen LogP contribution in [-0.2, 0) is 9.59 Å². The van der Waals surface area contributed by atoms with Gasteiger partial charge in [0.15, 0.2) is 5.96 Å². The number of nitrogens with zero attached hydrogens (tertiary/aromatic N) is 4. The van der Waals surface area contributed by atoms with Crippen LogP contribution in [0.2, 0.25) is 0 Å². The van der Waals surface area contributed by atoms with Crippen LogP contribution in [0.4, 0.5) is 0 Å². The molecule has 1 rings (SSSR count). The number of rotatable bonds is 5. The van der Waals surface area contributed by atoms with Crippen molar-refractivity contribution in [1.29, 1.82) is 0 Å². The van der Waals surface area contributed by atoms with E-state index in [1.807, 2.05) is 13.8 Å². The first kappa shape index (κ1) is 19.2. The highest BCUT2D eigenvalue weighted by molar-refractivity contribution is 5.86. The SMILES string of the molecule is CN=C(NCC(=O)N(C)C)N1CCN(CC(=O)NC(C)C)CC1. The summed E-state index contributed by atoms with van der Waals surface area (Å²) >= 11 is 0. The van der Waals surface area contributed by atoms with Gasteiger partial charge in [0.2, 0.25) is 11.8 Å². The van der Waals surface area contributed by atoms with Crippen molar-refractivity contribution in [2.24, 2.45) is 4.99 Å². The van der Waals surface area contributed by atoms with Crippen molar-refractivity contribution >= 4 is 17.8 Å². The van der Waals surface area contributed by atoms with Crippen LogP contribution in [0.5, 0.6) is 0 Å². The summed E-state index contributed by atoms with van der Waals surface area (Å²) in [4.78, 5) is 33.5. The van der Waals surface area contributed by atoms with Crippen molar-refractivity contribution in [1.82, 2.24) is 25.3 Å². The normalized spacial score (nSPS) is 16.4. The molecule has 8 heteroatoms. The van der Waals surface area contributed by atoms with Gasteiger partial charge in [0.25, 0.3) is 0 Å². The molecule has 1 heterocycles. The number of nitrogens with one attached hydrogen (secondary N) is 2. The number of hydrogen-bond donors (Lipinski definition) is 2. The van der Waals surface area contributed by atoms with Gasteiger partial charge < -0.3 is 20.4 Å². The van der Waals surface area contributed by atoms with E-state index < -0.39 is 0 Å². The first-order valence-electron chi connectivity index (χ1n) is 8.01. The third kappa shape index (κ3) is 6.85. The highest BCUT2D eigenvalue weighted by atomic mass is 16.2. The van der Waals surface area contributed by atoms with Gasteiger partial charge >= 0.3 is 0 Å². The highest BCUT2D eigenvalue weighted by Gasteiger charge is 2.21. The predicted octanol–water partition coefficient (Wildman–Crippen LogP) is -1.21. The summed E-state index contributed by atoms with van der Waals surface area (Å²) in [5.74, 6) is 0.800. The predicted molar refractivity (Wildman–Crippen MR) is 91.3 cm³/mol. The lowest BCUT2D eigenvalue weighted by Crippen LogP contribution is -2.55. The second kappa shape index (κ2) is 9.34. The second-order valence-electron chi connectivity index (χ2n) is 6.17. The quantitative estimate of drug-likeness (QED) is 0.490. The molecule has 132 valence electrons. The lowest BCUT2D eigenvalue weighted by Gasteiger charge is -2.36. The van der Waals surface area contributed by atoms with E-state index in [1.54, 1.807) is 26.0 Å². The van der Waals surface area contributed by atoms with Gasteiger partial charge in [-0.25, -0.2) is 0 Å². The molecule has 0 atom stereocenters. The number of aliphatic imine (C=N–C) groups is 1. The molecule has 0 aromatic carbocycles. The number of amides is 2. The first-order chi connectivity index (χ1) is 10.8. The number of carbonyl (C=O) groups excluding carboxylic acids is 2. The molecule has 0 unspecified atom stereocenters. The first-order valence-corrected chi connectivity index (χ1v) is 8.01. The minimum atomic E-state index is 0.00939. The molecule has 2 N–H and O–H groups in total. The van der Waals surface area contributed by atoms with Crippen molar-refractivity contribution in [2.45, 2.75) is 19.9 Å². The molecule has 0 spiro atoms. The van der Waals surface area contributed by atoms with Crippen LogP contribution in [0.25, 0.3) is 0 Å². The van der Waals surface area contributed by atoms with Crippen LogP contribution in [0.15, 0.2) is 4.99 Å². The minimum absolute atomic E-state index is 0.00939. The summed E-state index contributed by atoms with van der Waals surface area (Å²) in [5.41, 5.74) is 0. The molecule has 8 nitrogen and oxygen atoms in total. The molecule has 1 saturated heterocycles. The summed E-state index contributed by atoms with van der Waals surface area (Å²) in [6.07, 6.45) is 0. The van der Waals surface area contributed by atoms with Gasteiger partial charge in [-0.05, 0) is 13.8 Å². The molecule has 1 aliphatic rings. The standard InChI is InChI=1S/C15H30N6O2/c1-12(2)18-13(22)11-20-6-8-21(9-7-20)15(16-3)17-10-14(23)19(4)5/h12H,6-11H2,1-5H3,(H,16,17)(H,18,22). The number of hydrogen-bond acceptors (Lipinski definition) is 4. The van der Waals surface area contributed by atoms with Crippen LogP contribution < -0.4 is 10.6 Å². The van der Waals surface area contributed by atoms with Gasteiger partial charge in [-0.15, -0.1) is 0 Å². The Kier molecular flexibility index (Phi) is 7.80. The Bertz CT molecular complexity index is 428. The van der Waals surface area contributed by atoms with Gasteiger partial charge in [0.1, 0.15) is 0 Å². The Balaban J connectivity index is 2.39. The van der Waals surface area contributed by atoms with Gasteiger partial charge in [-0.2, -0.15) is 0 Å². The van der Waals surface area contributed by atoms with Gasteiger partial charge in [0, 0.05) is 53.4 Å². The molecule has 0 aromatic rings. The zero-order valence-corrected chi connectivity index (χ0v) is 14.9. The molecule has 0 aromatic heterocycles. The van der Waals surface area contributed by atoms with Crippen LogP contribution in [0.1, 0.15) is 13.8 Å². The smallest absolute Gasteiger partial charge is 0.241 e. The summed E-state index contributed by atoms with van der Waals surface area (Å²) in [5, 5.41) is 5.99. The Morgan fingerprint density at radius 1 is 1.17 bits per heavy atom. The van der Waals surface area contributed by atoms with E-state index >= 15 is 0 Å². The average molecular weight is 326 g/mol. The van der Waals surface area contributed by atoms with Gasteiger partial charge in [0.05, 0.1) is 13.1 Å². The van der Waals surface area contributed by atoms with Crippen LogP contribution >= 0.6 is 0 Å². The molecule has 0 saturated carbocycles. The topological polar surface area (TPSA) is 80.3 Å². The summed E-state index contributed by atoms with van der Waals surface area (Å²) in [6, 6.07) is 0.168. The molecule has 23 heavy (non-hydrogen) atoms. The molecule has 0 bridgehead atoms. The molecular formula is C15H30N6O2. The van der Waals surface area contributed by atoms with Crippen molar-refractivity contribution in [2.75, 3.05) is 60.4 Å². The Labute approximate surface area is 138 Å². The zero-order valence-electron chi connectivity index (χ0n) is 14.9. The van der Waals surface area contributed by atoms with Crippen molar-refractivity contribution in [3.05, 3.63) is 0 Å². The maximum absolute atomic E-state index is 11.8. The lowest BCUT2D eigenvalue weighted by molar-refractivity contribution is -0.127. The fourth-order valence-corrected chi connectivity index (χ4v) is 2.33. The van der Waals surface area contributed by atoms with Crippen LogP contribution in [0, 0.1) is 0 Å². The highest BCUT2D eigenvalue weighted by Crippen LogP contribution is 2.02. The summed E-state index contributed by atoms with van der Waals surface area (Å²) in [6.45, 7) is 7.74. The summed E-state index contributed by atoms with van der Waals surface area (Å²) in [7, 11) is 5.17.